The van der Waals surface area contributed by atoms with Crippen LogP contribution in [0.1, 0.15) is 46.5 Å². The zero-order valence-corrected chi connectivity index (χ0v) is 18.2. The molecule has 1 aromatic carbocycles. The summed E-state index contributed by atoms with van der Waals surface area (Å²) in [6.07, 6.45) is 2.73. The molecule has 2 rings (SSSR count). The van der Waals surface area contributed by atoms with Crippen LogP contribution in [0.2, 0.25) is 0 Å². The topological polar surface area (TPSA) is 108 Å². The van der Waals surface area contributed by atoms with Crippen LogP contribution >= 0.6 is 0 Å². The molecule has 0 radical (unpaired) electrons. The van der Waals surface area contributed by atoms with E-state index in [1.54, 1.807) is 36.1 Å². The molecule has 1 atom stereocenters. The lowest BCUT2D eigenvalue weighted by molar-refractivity contribution is -0.126. The molecule has 3 N–H and O–H groups in total. The lowest BCUT2D eigenvalue weighted by atomic mass is 9.95. The average molecular weight is 425 g/mol. The summed E-state index contributed by atoms with van der Waals surface area (Å²) in [6, 6.07) is 6.51. The molecular weight excluding hydrogens is 392 g/mol. The number of anilines is 2. The number of likely N-dealkylation sites (tertiary alicyclic amines) is 1. The van der Waals surface area contributed by atoms with Crippen molar-refractivity contribution in [2.24, 2.45) is 5.92 Å². The minimum absolute atomic E-state index is 0.0523. The third kappa shape index (κ3) is 7.23. The number of sulfonamides is 1. The number of carbonyl (C=O) groups excluding carboxylic acids is 2. The SMILES string of the molecule is CCCS(=O)(=O)Nc1ccc(NC(=O)N2CCC(C(=O)NC(C)CC)CC2)cc1. The lowest BCUT2D eigenvalue weighted by Crippen LogP contribution is -2.45. The van der Waals surface area contributed by atoms with Crippen molar-refractivity contribution in [2.45, 2.75) is 52.5 Å². The van der Waals surface area contributed by atoms with Crippen LogP contribution in [0.4, 0.5) is 16.2 Å². The van der Waals surface area contributed by atoms with Gasteiger partial charge < -0.3 is 15.5 Å². The van der Waals surface area contributed by atoms with Crippen LogP contribution in [0.5, 0.6) is 0 Å². The summed E-state index contributed by atoms with van der Waals surface area (Å²) in [5.74, 6) is 0.0839. The van der Waals surface area contributed by atoms with E-state index in [9.17, 15) is 18.0 Å². The monoisotopic (exact) mass is 424 g/mol. The molecular formula is C20H32N4O4S. The third-order valence-corrected chi connectivity index (χ3v) is 6.53. The second-order valence-corrected chi connectivity index (χ2v) is 9.35. The number of rotatable bonds is 8. The molecule has 9 heteroatoms. The fraction of sp³-hybridized carbons (Fsp3) is 0.600. The Bertz CT molecular complexity index is 787. The molecule has 0 spiro atoms. The second-order valence-electron chi connectivity index (χ2n) is 7.51. The summed E-state index contributed by atoms with van der Waals surface area (Å²) < 4.78 is 26.1. The molecule has 1 aromatic rings. The zero-order chi connectivity index (χ0) is 21.4. The largest absolute Gasteiger partial charge is 0.353 e. The Morgan fingerprint density at radius 1 is 1.10 bits per heavy atom. The lowest BCUT2D eigenvalue weighted by Gasteiger charge is -2.31. The van der Waals surface area contributed by atoms with Gasteiger partial charge in [-0.1, -0.05) is 13.8 Å². The molecule has 1 aliphatic heterocycles. The van der Waals surface area contributed by atoms with Gasteiger partial charge in [0, 0.05) is 36.4 Å². The van der Waals surface area contributed by atoms with E-state index in [2.05, 4.69) is 15.4 Å². The summed E-state index contributed by atoms with van der Waals surface area (Å²) in [7, 11) is -3.34. The fourth-order valence-electron chi connectivity index (χ4n) is 3.13. The van der Waals surface area contributed by atoms with Crippen molar-refractivity contribution in [3.8, 4) is 0 Å². The van der Waals surface area contributed by atoms with Gasteiger partial charge in [0.25, 0.3) is 0 Å². The maximum atomic E-state index is 12.5. The van der Waals surface area contributed by atoms with Gasteiger partial charge in [-0.2, -0.15) is 0 Å². The Labute approximate surface area is 173 Å². The minimum Gasteiger partial charge on any atom is -0.353 e. The van der Waals surface area contributed by atoms with Crippen molar-refractivity contribution in [1.82, 2.24) is 10.2 Å². The number of benzene rings is 1. The Morgan fingerprint density at radius 2 is 1.69 bits per heavy atom. The van der Waals surface area contributed by atoms with Crippen molar-refractivity contribution < 1.29 is 18.0 Å². The van der Waals surface area contributed by atoms with Gasteiger partial charge in [0.15, 0.2) is 0 Å². The van der Waals surface area contributed by atoms with E-state index in [0.717, 1.165) is 6.42 Å². The molecule has 1 heterocycles. The molecule has 3 amide bonds. The first-order chi connectivity index (χ1) is 13.7. The Balaban J connectivity index is 1.83. The Hall–Kier alpha value is -2.29. The normalized spacial score (nSPS) is 16.2. The van der Waals surface area contributed by atoms with Gasteiger partial charge in [-0.05, 0) is 56.9 Å². The van der Waals surface area contributed by atoms with Crippen molar-refractivity contribution >= 4 is 33.3 Å². The van der Waals surface area contributed by atoms with Gasteiger partial charge in [0.2, 0.25) is 15.9 Å². The van der Waals surface area contributed by atoms with E-state index in [1.165, 1.54) is 0 Å². The highest BCUT2D eigenvalue weighted by molar-refractivity contribution is 7.92. The quantitative estimate of drug-likeness (QED) is 0.596. The molecule has 0 saturated carbocycles. The van der Waals surface area contributed by atoms with Crippen LogP contribution in [0.15, 0.2) is 24.3 Å². The molecule has 8 nitrogen and oxygen atoms in total. The number of piperidine rings is 1. The standard InChI is InChI=1S/C20H32N4O4S/c1-4-14-29(27,28)23-18-8-6-17(7-9-18)22-20(26)24-12-10-16(11-13-24)19(25)21-15(3)5-2/h6-9,15-16,23H,4-5,10-14H2,1-3H3,(H,21,25)(H,22,26). The van der Waals surface area contributed by atoms with Gasteiger partial charge >= 0.3 is 6.03 Å². The zero-order valence-electron chi connectivity index (χ0n) is 17.4. The maximum absolute atomic E-state index is 12.5. The predicted octanol–water partition coefficient (Wildman–Crippen LogP) is 3.00. The first-order valence-electron chi connectivity index (χ1n) is 10.2. The van der Waals surface area contributed by atoms with E-state index >= 15 is 0 Å². The maximum Gasteiger partial charge on any atom is 0.321 e. The first kappa shape index (κ1) is 23.0. The van der Waals surface area contributed by atoms with E-state index in [1.807, 2.05) is 13.8 Å². The first-order valence-corrected chi connectivity index (χ1v) is 11.9. The number of hydrogen-bond acceptors (Lipinski definition) is 4. The van der Waals surface area contributed by atoms with Crippen molar-refractivity contribution in [3.05, 3.63) is 24.3 Å². The van der Waals surface area contributed by atoms with E-state index in [0.29, 0.717) is 43.7 Å². The predicted molar refractivity (Wildman–Crippen MR) is 115 cm³/mol. The van der Waals surface area contributed by atoms with Crippen LogP contribution in [0, 0.1) is 5.92 Å². The van der Waals surface area contributed by atoms with E-state index in [4.69, 9.17) is 0 Å². The fourth-order valence-corrected chi connectivity index (χ4v) is 4.27. The minimum atomic E-state index is -3.34. The number of nitrogens with one attached hydrogen (secondary N) is 3. The molecule has 1 aliphatic rings. The molecule has 0 aliphatic carbocycles. The summed E-state index contributed by atoms with van der Waals surface area (Å²) in [4.78, 5) is 26.4. The van der Waals surface area contributed by atoms with Crippen LogP contribution < -0.4 is 15.4 Å². The summed E-state index contributed by atoms with van der Waals surface area (Å²) in [6.45, 7) is 6.88. The highest BCUT2D eigenvalue weighted by atomic mass is 32.2. The number of nitrogens with zero attached hydrogens (tertiary/aromatic N) is 1. The second kappa shape index (κ2) is 10.5. The van der Waals surface area contributed by atoms with Crippen LogP contribution in [-0.4, -0.2) is 50.1 Å². The number of carbonyl (C=O) groups is 2. The number of urea groups is 1. The Morgan fingerprint density at radius 3 is 2.24 bits per heavy atom. The van der Waals surface area contributed by atoms with Gasteiger partial charge in [-0.3, -0.25) is 9.52 Å². The van der Waals surface area contributed by atoms with Crippen LogP contribution in [0.25, 0.3) is 0 Å². The average Bonchev–Trinajstić information content (AvgIpc) is 2.69. The summed E-state index contributed by atoms with van der Waals surface area (Å²) in [5.41, 5.74) is 1.05. The van der Waals surface area contributed by atoms with Gasteiger partial charge in [0.05, 0.1) is 5.75 Å². The smallest absolute Gasteiger partial charge is 0.321 e. The van der Waals surface area contributed by atoms with Crippen molar-refractivity contribution in [2.75, 3.05) is 28.9 Å². The molecule has 1 fully saturated rings. The van der Waals surface area contributed by atoms with Gasteiger partial charge in [0.1, 0.15) is 0 Å². The molecule has 162 valence electrons. The molecule has 0 aromatic heterocycles. The highest BCUT2D eigenvalue weighted by Gasteiger charge is 2.27. The molecule has 1 saturated heterocycles. The highest BCUT2D eigenvalue weighted by Crippen LogP contribution is 2.20. The van der Waals surface area contributed by atoms with E-state index in [-0.39, 0.29) is 29.7 Å². The summed E-state index contributed by atoms with van der Waals surface area (Å²) in [5, 5.41) is 5.83. The molecule has 0 bridgehead atoms. The van der Waals surface area contributed by atoms with Crippen molar-refractivity contribution in [1.29, 1.82) is 0 Å². The third-order valence-electron chi connectivity index (χ3n) is 5.04. The molecule has 1 unspecified atom stereocenters. The number of hydrogen-bond donors (Lipinski definition) is 3. The number of amides is 3. The van der Waals surface area contributed by atoms with E-state index < -0.39 is 10.0 Å². The molecule has 29 heavy (non-hydrogen) atoms. The van der Waals surface area contributed by atoms with Gasteiger partial charge in [-0.25, -0.2) is 13.2 Å². The summed E-state index contributed by atoms with van der Waals surface area (Å²) >= 11 is 0. The Kier molecular flexibility index (Phi) is 8.31. The van der Waals surface area contributed by atoms with Crippen LogP contribution in [0.3, 0.4) is 0 Å². The van der Waals surface area contributed by atoms with Gasteiger partial charge in [-0.15, -0.1) is 0 Å². The van der Waals surface area contributed by atoms with Crippen LogP contribution in [-0.2, 0) is 14.8 Å². The van der Waals surface area contributed by atoms with Crippen molar-refractivity contribution in [3.63, 3.8) is 0 Å².